The molecule has 3 aromatic heterocycles. The fraction of sp³-hybridized carbons (Fsp3) is 0.125. The van der Waals surface area contributed by atoms with Gasteiger partial charge in [-0.3, -0.25) is 14.8 Å². The van der Waals surface area contributed by atoms with E-state index in [4.69, 9.17) is 4.74 Å². The topological polar surface area (TPSA) is 69.0 Å². The van der Waals surface area contributed by atoms with Crippen molar-refractivity contribution in [2.24, 2.45) is 0 Å². The van der Waals surface area contributed by atoms with Gasteiger partial charge in [0.1, 0.15) is 12.4 Å². The minimum Gasteiger partial charge on any atom is -0.489 e. The molecule has 0 spiro atoms. The molecule has 4 aromatic rings. The van der Waals surface area contributed by atoms with Gasteiger partial charge >= 0.3 is 0 Å². The second-order valence-electron chi connectivity index (χ2n) is 6.96. The molecule has 0 bridgehead atoms. The van der Waals surface area contributed by atoms with Gasteiger partial charge in [0.15, 0.2) is 0 Å². The van der Waals surface area contributed by atoms with Crippen molar-refractivity contribution in [3.05, 3.63) is 102 Å². The number of nitrogens with one attached hydrogen (secondary N) is 1. The van der Waals surface area contributed by atoms with Crippen molar-refractivity contribution in [3.8, 4) is 11.4 Å². The van der Waals surface area contributed by atoms with Crippen LogP contribution in [-0.2, 0) is 6.61 Å². The molecule has 6 heteroatoms. The molecule has 4 rings (SSSR count). The van der Waals surface area contributed by atoms with Crippen molar-refractivity contribution >= 4 is 11.6 Å². The fourth-order valence-corrected chi connectivity index (χ4v) is 3.39. The van der Waals surface area contributed by atoms with Gasteiger partial charge in [-0.05, 0) is 50.2 Å². The smallest absolute Gasteiger partial charge is 0.257 e. The largest absolute Gasteiger partial charge is 0.489 e. The molecule has 0 radical (unpaired) electrons. The van der Waals surface area contributed by atoms with E-state index >= 15 is 0 Å². The molecule has 0 aliphatic heterocycles. The average Bonchev–Trinajstić information content (AvgIpc) is 3.08. The summed E-state index contributed by atoms with van der Waals surface area (Å²) in [5.74, 6) is 0.514. The Hall–Kier alpha value is -3.93. The summed E-state index contributed by atoms with van der Waals surface area (Å²) in [4.78, 5) is 21.2. The fourth-order valence-electron chi connectivity index (χ4n) is 3.39. The second kappa shape index (κ2) is 8.61. The van der Waals surface area contributed by atoms with Crippen LogP contribution in [0, 0.1) is 13.8 Å². The van der Waals surface area contributed by atoms with E-state index in [2.05, 4.69) is 15.3 Å². The molecule has 3 heterocycles. The minimum absolute atomic E-state index is 0.164. The highest BCUT2D eigenvalue weighted by atomic mass is 16.5. The Balaban J connectivity index is 1.49. The predicted octanol–water partition coefficient (Wildman–Crippen LogP) is 4.72. The third-order valence-electron chi connectivity index (χ3n) is 4.80. The van der Waals surface area contributed by atoms with Gasteiger partial charge in [0.25, 0.3) is 5.91 Å². The Kier molecular flexibility index (Phi) is 5.57. The van der Waals surface area contributed by atoms with Gasteiger partial charge in [-0.15, -0.1) is 0 Å². The van der Waals surface area contributed by atoms with Gasteiger partial charge in [0.05, 0.1) is 17.4 Å². The highest BCUT2D eigenvalue weighted by molar-refractivity contribution is 6.05. The van der Waals surface area contributed by atoms with Crippen LogP contribution in [-0.4, -0.2) is 20.4 Å². The number of hydrogen-bond donors (Lipinski definition) is 1. The maximum absolute atomic E-state index is 12.9. The summed E-state index contributed by atoms with van der Waals surface area (Å²) in [5.41, 5.74) is 5.04. The average molecular weight is 398 g/mol. The molecule has 6 nitrogen and oxygen atoms in total. The van der Waals surface area contributed by atoms with Crippen LogP contribution in [0.1, 0.15) is 27.3 Å². The van der Waals surface area contributed by atoms with Crippen molar-refractivity contribution in [2.75, 3.05) is 5.32 Å². The lowest BCUT2D eigenvalue weighted by Crippen LogP contribution is -2.13. The molecule has 0 saturated carbocycles. The molecule has 1 N–H and O–H groups in total. The molecule has 150 valence electrons. The number of rotatable bonds is 6. The molecule has 0 aliphatic carbocycles. The maximum Gasteiger partial charge on any atom is 0.257 e. The first-order valence-corrected chi connectivity index (χ1v) is 9.64. The summed E-state index contributed by atoms with van der Waals surface area (Å²) < 4.78 is 7.85. The van der Waals surface area contributed by atoms with Crippen LogP contribution in [0.25, 0.3) is 5.69 Å². The van der Waals surface area contributed by atoms with E-state index in [1.807, 2.05) is 73.0 Å². The lowest BCUT2D eigenvalue weighted by molar-refractivity contribution is 0.102. The number of pyridine rings is 2. The second-order valence-corrected chi connectivity index (χ2v) is 6.96. The van der Waals surface area contributed by atoms with E-state index in [1.54, 1.807) is 24.8 Å². The summed E-state index contributed by atoms with van der Waals surface area (Å²) in [6.07, 6.45) is 7.01. The number of ether oxygens (including phenoxy) is 1. The summed E-state index contributed by atoms with van der Waals surface area (Å²) in [5, 5.41) is 2.97. The van der Waals surface area contributed by atoms with Crippen molar-refractivity contribution in [3.63, 3.8) is 0 Å². The number of nitrogens with zero attached hydrogens (tertiary/aromatic N) is 3. The van der Waals surface area contributed by atoms with E-state index in [-0.39, 0.29) is 5.91 Å². The monoisotopic (exact) mass is 398 g/mol. The van der Waals surface area contributed by atoms with Crippen LogP contribution in [0.5, 0.6) is 5.75 Å². The highest BCUT2D eigenvalue weighted by Crippen LogP contribution is 2.23. The van der Waals surface area contributed by atoms with Crippen LogP contribution in [0.15, 0.2) is 79.4 Å². The summed E-state index contributed by atoms with van der Waals surface area (Å²) in [6, 6.07) is 16.9. The Morgan fingerprint density at radius 1 is 1.00 bits per heavy atom. The van der Waals surface area contributed by atoms with E-state index in [0.29, 0.717) is 23.6 Å². The molecule has 0 unspecified atom stereocenters. The summed E-state index contributed by atoms with van der Waals surface area (Å²) >= 11 is 0. The first-order valence-electron chi connectivity index (χ1n) is 9.64. The van der Waals surface area contributed by atoms with E-state index in [1.165, 1.54) is 0 Å². The molecular formula is C24H22N4O2. The predicted molar refractivity (Wildman–Crippen MR) is 116 cm³/mol. The minimum atomic E-state index is -0.164. The Labute approximate surface area is 175 Å². The Morgan fingerprint density at radius 2 is 1.80 bits per heavy atom. The van der Waals surface area contributed by atoms with Crippen LogP contribution in [0.3, 0.4) is 0 Å². The standard InChI is InChI=1S/C24H22N4O2/c1-17-12-23(18(2)28(17)21-8-5-11-26-15-21)24(29)27-20-7-3-9-22(13-20)30-16-19-6-4-10-25-14-19/h3-15H,16H2,1-2H3,(H,27,29). The number of aromatic nitrogens is 3. The molecule has 1 amide bonds. The van der Waals surface area contributed by atoms with Crippen LogP contribution >= 0.6 is 0 Å². The van der Waals surface area contributed by atoms with E-state index in [9.17, 15) is 4.79 Å². The van der Waals surface area contributed by atoms with Crippen LogP contribution in [0.4, 0.5) is 5.69 Å². The normalized spacial score (nSPS) is 10.6. The molecule has 0 fully saturated rings. The Morgan fingerprint density at radius 3 is 2.53 bits per heavy atom. The first-order chi connectivity index (χ1) is 14.6. The maximum atomic E-state index is 12.9. The number of aryl methyl sites for hydroxylation is 1. The molecule has 30 heavy (non-hydrogen) atoms. The van der Waals surface area contributed by atoms with Gasteiger partial charge in [0, 0.05) is 47.3 Å². The van der Waals surface area contributed by atoms with Gasteiger partial charge in [0.2, 0.25) is 0 Å². The van der Waals surface area contributed by atoms with Crippen molar-refractivity contribution in [2.45, 2.75) is 20.5 Å². The molecular weight excluding hydrogens is 376 g/mol. The summed E-state index contributed by atoms with van der Waals surface area (Å²) in [6.45, 7) is 4.32. The molecule has 0 saturated heterocycles. The van der Waals surface area contributed by atoms with Crippen LogP contribution in [0.2, 0.25) is 0 Å². The lowest BCUT2D eigenvalue weighted by Gasteiger charge is -2.10. The Bertz CT molecular complexity index is 1150. The molecule has 1 aromatic carbocycles. The number of hydrogen-bond acceptors (Lipinski definition) is 4. The van der Waals surface area contributed by atoms with E-state index in [0.717, 1.165) is 22.6 Å². The van der Waals surface area contributed by atoms with Crippen molar-refractivity contribution < 1.29 is 9.53 Å². The van der Waals surface area contributed by atoms with Crippen LogP contribution < -0.4 is 10.1 Å². The number of amides is 1. The zero-order valence-electron chi connectivity index (χ0n) is 16.9. The summed E-state index contributed by atoms with van der Waals surface area (Å²) in [7, 11) is 0. The SMILES string of the molecule is Cc1cc(C(=O)Nc2cccc(OCc3cccnc3)c2)c(C)n1-c1cccnc1. The highest BCUT2D eigenvalue weighted by Gasteiger charge is 2.17. The van der Waals surface area contributed by atoms with Gasteiger partial charge < -0.3 is 14.6 Å². The first kappa shape index (κ1) is 19.4. The zero-order valence-corrected chi connectivity index (χ0v) is 16.9. The molecule has 0 aliphatic rings. The quantitative estimate of drug-likeness (QED) is 0.510. The number of benzene rings is 1. The third-order valence-corrected chi connectivity index (χ3v) is 4.80. The number of carbonyl (C=O) groups excluding carboxylic acids is 1. The number of anilines is 1. The van der Waals surface area contributed by atoms with Gasteiger partial charge in [-0.1, -0.05) is 12.1 Å². The molecule has 0 atom stereocenters. The third kappa shape index (κ3) is 4.22. The lowest BCUT2D eigenvalue weighted by atomic mass is 10.2. The van der Waals surface area contributed by atoms with Crippen molar-refractivity contribution in [1.29, 1.82) is 0 Å². The zero-order chi connectivity index (χ0) is 20.9. The van der Waals surface area contributed by atoms with E-state index < -0.39 is 0 Å². The van der Waals surface area contributed by atoms with Crippen molar-refractivity contribution in [1.82, 2.24) is 14.5 Å². The van der Waals surface area contributed by atoms with Gasteiger partial charge in [-0.2, -0.15) is 0 Å². The van der Waals surface area contributed by atoms with Gasteiger partial charge in [-0.25, -0.2) is 0 Å². The number of carbonyl (C=O) groups is 1.